The summed E-state index contributed by atoms with van der Waals surface area (Å²) in [6.45, 7) is 0.368. The third kappa shape index (κ3) is 1.28. The molecule has 0 radical (unpaired) electrons. The van der Waals surface area contributed by atoms with Crippen LogP contribution >= 0.6 is 0 Å². The van der Waals surface area contributed by atoms with Gasteiger partial charge < -0.3 is 19.5 Å². The highest BCUT2D eigenvalue weighted by Crippen LogP contribution is 2.62. The number of nitrogens with zero attached hydrogens (tertiary/aromatic N) is 1. The van der Waals surface area contributed by atoms with E-state index in [1.165, 1.54) is 18.2 Å². The van der Waals surface area contributed by atoms with Gasteiger partial charge in [-0.2, -0.15) is 0 Å². The number of likely N-dealkylation sites (N-methyl/N-ethyl adjacent to an activating group) is 1. The van der Waals surface area contributed by atoms with Crippen molar-refractivity contribution in [1.29, 1.82) is 0 Å². The summed E-state index contributed by atoms with van der Waals surface area (Å²) < 4.78 is 68.9. The molecule has 2 aliphatic carbocycles. The number of aliphatic hydroxyl groups is 1. The average molecular weight is 306 g/mol. The van der Waals surface area contributed by atoms with Crippen molar-refractivity contribution in [2.24, 2.45) is 5.92 Å². The number of methoxy groups -OCH3 is 1. The Morgan fingerprint density at radius 1 is 1.55 bits per heavy atom. The van der Waals surface area contributed by atoms with Gasteiger partial charge in [-0.15, -0.1) is 0 Å². The first-order valence-electron chi connectivity index (χ1n) is 10.9. The lowest BCUT2D eigenvalue weighted by Gasteiger charge is -2.56. The Hall–Kier alpha value is -1.52. The van der Waals surface area contributed by atoms with Crippen LogP contribution in [0.3, 0.4) is 0 Å². The van der Waals surface area contributed by atoms with Gasteiger partial charge in [-0.3, -0.25) is 0 Å². The van der Waals surface area contributed by atoms with E-state index in [0.717, 1.165) is 0 Å². The summed E-state index contributed by atoms with van der Waals surface area (Å²) in [4.78, 5) is 1.67. The topological polar surface area (TPSA) is 41.9 Å². The quantitative estimate of drug-likeness (QED) is 0.799. The highest BCUT2D eigenvalue weighted by Gasteiger charge is 2.64. The molecule has 2 aliphatic heterocycles. The number of piperidine rings is 1. The molecule has 2 heterocycles. The molecule has 1 N–H and O–H groups in total. The maximum atomic E-state index is 10.8. The third-order valence-corrected chi connectivity index (χ3v) is 5.51. The Morgan fingerprint density at radius 2 is 2.45 bits per heavy atom. The Balaban J connectivity index is 1.86. The molecular weight excluding hydrogens is 278 g/mol. The molecule has 4 aliphatic rings. The van der Waals surface area contributed by atoms with Gasteiger partial charge in [0.2, 0.25) is 0 Å². The molecule has 5 atom stereocenters. The molecule has 116 valence electrons. The van der Waals surface area contributed by atoms with Crippen LogP contribution < -0.4 is 9.47 Å². The fourth-order valence-electron chi connectivity index (χ4n) is 4.55. The van der Waals surface area contributed by atoms with E-state index < -0.39 is 42.9 Å². The third-order valence-electron chi connectivity index (χ3n) is 5.51. The standard InChI is InChI=1S/C18H21NO3/c1-19-8-7-18-11-4-5-13(20)17(18)22-16-14(21-2)6-3-10(15(16)18)9-12(11)19/h3-6,11-13,17,20H,7-9H2,1-2H3/t11-,12+,13?,17?,18-/m0/s1/i2D3,9D2,12D,13D. The zero-order chi connectivity index (χ0) is 21.2. The smallest absolute Gasteiger partial charge is 0.165 e. The molecule has 0 saturated carbocycles. The van der Waals surface area contributed by atoms with Gasteiger partial charge in [-0.1, -0.05) is 18.2 Å². The molecule has 1 spiro atoms. The lowest BCUT2D eigenvalue weighted by Crippen LogP contribution is -2.64. The fourth-order valence-corrected chi connectivity index (χ4v) is 4.55. The summed E-state index contributed by atoms with van der Waals surface area (Å²) in [7, 11) is -1.04. The molecule has 1 aromatic rings. The lowest BCUT2D eigenvalue weighted by atomic mass is 9.53. The summed E-state index contributed by atoms with van der Waals surface area (Å²) in [6.07, 6.45) is -2.08. The average Bonchev–Trinajstić information content (AvgIpc) is 2.94. The monoisotopic (exact) mass is 306 g/mol. The van der Waals surface area contributed by atoms with Crippen LogP contribution in [0.15, 0.2) is 24.3 Å². The number of hydrogen-bond donors (Lipinski definition) is 1. The van der Waals surface area contributed by atoms with Crippen LogP contribution in [-0.4, -0.2) is 48.8 Å². The van der Waals surface area contributed by atoms with E-state index in [1.807, 2.05) is 0 Å². The van der Waals surface area contributed by atoms with E-state index in [1.54, 1.807) is 18.0 Å². The Labute approximate surface area is 140 Å². The van der Waals surface area contributed by atoms with Crippen LogP contribution in [0, 0.1) is 5.92 Å². The van der Waals surface area contributed by atoms with Crippen molar-refractivity contribution in [1.82, 2.24) is 4.90 Å². The van der Waals surface area contributed by atoms with Crippen LogP contribution in [0.1, 0.15) is 27.1 Å². The van der Waals surface area contributed by atoms with E-state index in [2.05, 4.69) is 0 Å². The highest BCUT2D eigenvalue weighted by atomic mass is 16.5. The molecule has 2 unspecified atom stereocenters. The van der Waals surface area contributed by atoms with Crippen molar-refractivity contribution in [2.45, 2.75) is 36.4 Å². The van der Waals surface area contributed by atoms with Crippen molar-refractivity contribution in [3.8, 4) is 11.5 Å². The largest absolute Gasteiger partial charge is 0.493 e. The summed E-state index contributed by atoms with van der Waals surface area (Å²) in [6, 6.07) is 1.11. The van der Waals surface area contributed by atoms with Gasteiger partial charge in [0.1, 0.15) is 12.2 Å². The van der Waals surface area contributed by atoms with E-state index in [0.29, 0.717) is 18.5 Å². The zero-order valence-corrected chi connectivity index (χ0v) is 12.1. The number of likely N-dealkylation sites (tertiary alicyclic amines) is 1. The van der Waals surface area contributed by atoms with Crippen molar-refractivity contribution >= 4 is 0 Å². The minimum atomic E-state index is -2.74. The second-order valence-corrected chi connectivity index (χ2v) is 6.40. The minimum Gasteiger partial charge on any atom is -0.493 e. The van der Waals surface area contributed by atoms with Gasteiger partial charge in [0.15, 0.2) is 11.5 Å². The summed E-state index contributed by atoms with van der Waals surface area (Å²) in [5.74, 6) is -0.719. The summed E-state index contributed by atoms with van der Waals surface area (Å²) >= 11 is 0. The molecule has 0 amide bonds. The molecule has 1 fully saturated rings. The lowest BCUT2D eigenvalue weighted by molar-refractivity contribution is -0.0453. The molecule has 4 heteroatoms. The first kappa shape index (κ1) is 7.84. The zero-order valence-electron chi connectivity index (χ0n) is 19.1. The van der Waals surface area contributed by atoms with Gasteiger partial charge >= 0.3 is 0 Å². The van der Waals surface area contributed by atoms with Crippen molar-refractivity contribution < 1.29 is 24.2 Å². The van der Waals surface area contributed by atoms with Crippen LogP contribution in [0.5, 0.6) is 11.5 Å². The van der Waals surface area contributed by atoms with Gasteiger partial charge in [0, 0.05) is 27.0 Å². The molecule has 0 aromatic heterocycles. The Bertz CT molecular complexity index is 946. The highest BCUT2D eigenvalue weighted by molar-refractivity contribution is 5.62. The molecule has 1 aromatic carbocycles. The van der Waals surface area contributed by atoms with Crippen LogP contribution in [0.4, 0.5) is 0 Å². The Morgan fingerprint density at radius 3 is 3.32 bits per heavy atom. The molecule has 4 nitrogen and oxygen atoms in total. The van der Waals surface area contributed by atoms with Crippen LogP contribution in [-0.2, 0) is 11.8 Å². The second-order valence-electron chi connectivity index (χ2n) is 6.40. The Kier molecular flexibility index (Phi) is 1.45. The maximum absolute atomic E-state index is 10.8. The first-order chi connectivity index (χ1) is 13.3. The molecule has 5 rings (SSSR count). The van der Waals surface area contributed by atoms with E-state index >= 15 is 0 Å². The number of benzene rings is 1. The van der Waals surface area contributed by atoms with Gasteiger partial charge in [-0.05, 0) is 38.0 Å². The predicted octanol–water partition coefficient (Wildman–Crippen LogP) is 1.50. The summed E-state index contributed by atoms with van der Waals surface area (Å²) in [5.41, 5.74) is -0.383. The maximum Gasteiger partial charge on any atom is 0.165 e. The minimum absolute atomic E-state index is 0.0541. The van der Waals surface area contributed by atoms with E-state index in [-0.39, 0.29) is 17.1 Å². The van der Waals surface area contributed by atoms with Gasteiger partial charge in [0.25, 0.3) is 0 Å². The molecule has 22 heavy (non-hydrogen) atoms. The van der Waals surface area contributed by atoms with E-state index in [4.69, 9.17) is 17.7 Å². The van der Waals surface area contributed by atoms with Crippen molar-refractivity contribution in [3.63, 3.8) is 0 Å². The van der Waals surface area contributed by atoms with Crippen molar-refractivity contribution in [3.05, 3.63) is 35.4 Å². The predicted molar refractivity (Wildman–Crippen MR) is 82.5 cm³/mol. The van der Waals surface area contributed by atoms with Crippen molar-refractivity contribution in [2.75, 3.05) is 20.6 Å². The van der Waals surface area contributed by atoms with Gasteiger partial charge in [-0.25, -0.2) is 0 Å². The van der Waals surface area contributed by atoms with Crippen LogP contribution in [0.2, 0.25) is 0 Å². The van der Waals surface area contributed by atoms with Crippen LogP contribution in [0.25, 0.3) is 0 Å². The first-order valence-corrected chi connectivity index (χ1v) is 7.43. The fraction of sp³-hybridized carbons (Fsp3) is 0.556. The SMILES string of the molecule is [2H]C([2H])([2H])Oc1ccc2c3c1OC1C([2H])(O)C=C[C@@H]4[C@@]31CCN(C)[C@]4([2H])C2([2H])[2H]. The number of rotatable bonds is 1. The van der Waals surface area contributed by atoms with Gasteiger partial charge in [0.05, 0.1) is 12.5 Å². The normalized spacial score (nSPS) is 55.3. The number of ether oxygens (including phenoxy) is 2. The van der Waals surface area contributed by atoms with E-state index in [9.17, 15) is 6.48 Å². The summed E-state index contributed by atoms with van der Waals surface area (Å²) in [5, 5.41) is 10.8. The second kappa shape index (κ2) is 4.06. The molecule has 1 saturated heterocycles. The number of hydrogen-bond acceptors (Lipinski definition) is 4. The molecular formula is C18H21NO3. The molecule has 2 bridgehead atoms.